The van der Waals surface area contributed by atoms with Crippen LogP contribution in [-0.2, 0) is 105 Å². The van der Waals surface area contributed by atoms with E-state index in [9.17, 15) is 78.6 Å². The van der Waals surface area contributed by atoms with E-state index in [1.165, 1.54) is 24.0 Å². The minimum absolute atomic E-state index is 0. The number of ether oxygens (including phenoxy) is 12. The molecule has 6 N–H and O–H groups in total. The lowest BCUT2D eigenvalue weighted by Crippen LogP contribution is -2.61. The van der Waals surface area contributed by atoms with Gasteiger partial charge in [-0.1, -0.05) is 163 Å². The molecule has 6 heterocycles. The Morgan fingerprint density at radius 3 is 1.15 bits per heavy atom. The molecule has 2 aliphatic carbocycles. The molecule has 2 saturated carbocycles. The van der Waals surface area contributed by atoms with Crippen LogP contribution in [0.1, 0.15) is 285 Å². The lowest BCUT2D eigenvalue weighted by molar-refractivity contribution is -0.266. The predicted molar refractivity (Wildman–Crippen MR) is 537 cm³/mol. The molecule has 0 radical (unpaired) electrons. The molecule has 141 heavy (non-hydrogen) atoms. The molecule has 0 aromatic heterocycles. The minimum Gasteiger partial charge on any atom is -0.460 e. The van der Waals surface area contributed by atoms with Crippen LogP contribution in [0.15, 0.2) is 95.2 Å². The monoisotopic (exact) mass is 1990 g/mol. The van der Waals surface area contributed by atoms with Crippen LogP contribution in [-0.4, -0.2) is 289 Å². The molecule has 30 atom stereocenters. The number of methoxy groups -OCH3 is 4. The summed E-state index contributed by atoms with van der Waals surface area (Å²) in [7, 11) is 5.89. The summed E-state index contributed by atoms with van der Waals surface area (Å²) >= 11 is 0. The Morgan fingerprint density at radius 1 is 0.433 bits per heavy atom. The lowest BCUT2D eigenvalue weighted by Gasteiger charge is -2.43. The maximum absolute atomic E-state index is 14.5. The van der Waals surface area contributed by atoms with Gasteiger partial charge in [-0.05, 0) is 227 Å². The number of hydrogen-bond donors (Lipinski definition) is 6. The normalized spacial score (nSPS) is 38.1. The molecule has 8 aliphatic rings. The van der Waals surface area contributed by atoms with Gasteiger partial charge in [0.1, 0.15) is 60.3 Å². The van der Waals surface area contributed by atoms with Gasteiger partial charge < -0.3 is 97.3 Å². The highest BCUT2D eigenvalue weighted by molar-refractivity contribution is 6.39. The summed E-state index contributed by atoms with van der Waals surface area (Å²) in [4.78, 5) is 145. The average molecular weight is 1990 g/mol. The zero-order chi connectivity index (χ0) is 103. The van der Waals surface area contributed by atoms with Crippen LogP contribution in [0, 0.1) is 71.0 Å². The number of aliphatic hydroxyl groups is 6. The first kappa shape index (κ1) is 123. The maximum atomic E-state index is 14.5. The number of carbonyl (C=O) groups excluding carboxylic acids is 10. The number of hydrogen-bond acceptors (Lipinski definition) is 28. The van der Waals surface area contributed by atoms with Crippen molar-refractivity contribution in [1.82, 2.24) is 9.80 Å². The number of carbonyl (C=O) groups is 10. The molecule has 800 valence electrons. The molecule has 4 saturated heterocycles. The third kappa shape index (κ3) is 36.3. The Bertz CT molecular complexity index is 3950. The Hall–Kier alpha value is -6.82. The van der Waals surface area contributed by atoms with Crippen molar-refractivity contribution in [3.8, 4) is 0 Å². The number of ketones is 6. The first-order valence-corrected chi connectivity index (χ1v) is 52.2. The number of aliphatic hydroxyl groups excluding tert-OH is 4. The summed E-state index contributed by atoms with van der Waals surface area (Å²) < 4.78 is 71.5. The number of piperidine rings is 2. The number of fused-ring (bicyclic) bond motifs is 6. The van der Waals surface area contributed by atoms with Crippen molar-refractivity contribution < 1.29 is 135 Å². The molecule has 6 aliphatic heterocycles. The molecule has 0 aromatic carbocycles. The van der Waals surface area contributed by atoms with E-state index in [0.29, 0.717) is 154 Å². The van der Waals surface area contributed by atoms with Crippen molar-refractivity contribution in [3.63, 3.8) is 0 Å². The van der Waals surface area contributed by atoms with Gasteiger partial charge in [0.2, 0.25) is 11.6 Å². The Labute approximate surface area is 841 Å². The van der Waals surface area contributed by atoms with Crippen LogP contribution in [0.3, 0.4) is 0 Å². The molecule has 8 rings (SSSR count). The van der Waals surface area contributed by atoms with E-state index in [2.05, 4.69) is 0 Å². The standard InChI is InChI=1S/2C55H87NO14.CH4/c2*1-11-25-67-26-27-68-46-32-42-22-20-40(8)55(64,70-42)52(61)53(62)56-24-16-15-19-43(56)54(63)69-47(37(5)30-41-21-23-44(57)48(31-41)65-9)33-45(58)36(4)29-39(7)50(60)51(66-10)49(59)38(6)28-34(2)17-13-12-14-18-35(46)3;/h2*12-14,17-18,29,34,36-38,40-44,46-48,50-51,57,60,64H,11,15-16,19-28,30-33H2,1-10H3;1H4/b2*14-12+,17-13+,35-18+,39-29+;/t34-,36-,37-,38-,40-,41+,42+,43+,44-,46+,47+,48-,50-,51?,55-;34-,36-,37-,38-,40-,41+,42+,43+,44-,46-,47+,48-,50-,51?,55-;/m11./s1. The van der Waals surface area contributed by atoms with E-state index < -0.39 is 168 Å². The topological polar surface area (TPSA) is 409 Å². The first-order valence-electron chi connectivity index (χ1n) is 52.2. The summed E-state index contributed by atoms with van der Waals surface area (Å²) in [5.74, 6) is -16.2. The second-order valence-electron chi connectivity index (χ2n) is 41.7. The molecule has 4 bridgehead atoms. The molecule has 30 heteroatoms. The van der Waals surface area contributed by atoms with Gasteiger partial charge in [0.05, 0.1) is 75.3 Å². The van der Waals surface area contributed by atoms with Gasteiger partial charge >= 0.3 is 11.9 Å². The summed E-state index contributed by atoms with van der Waals surface area (Å²) in [5.41, 5.74) is 2.50. The highest BCUT2D eigenvalue weighted by Gasteiger charge is 2.56. The van der Waals surface area contributed by atoms with Crippen LogP contribution in [0.5, 0.6) is 0 Å². The summed E-state index contributed by atoms with van der Waals surface area (Å²) in [5, 5.41) is 68.2. The molecule has 2 unspecified atom stereocenters. The van der Waals surface area contributed by atoms with Crippen LogP contribution in [0.25, 0.3) is 0 Å². The first-order chi connectivity index (χ1) is 66.5. The molecule has 30 nitrogen and oxygen atoms in total. The van der Waals surface area contributed by atoms with E-state index in [-0.39, 0.29) is 130 Å². The predicted octanol–water partition coefficient (Wildman–Crippen LogP) is 14.6. The number of rotatable bonds is 22. The molecular formula is C111H178N2O28. The highest BCUT2D eigenvalue weighted by Crippen LogP contribution is 2.42. The van der Waals surface area contributed by atoms with Crippen molar-refractivity contribution in [2.24, 2.45) is 71.0 Å². The fraction of sp³-hybridized carbons (Fsp3) is 0.766. The van der Waals surface area contributed by atoms with Gasteiger partial charge in [-0.25, -0.2) is 9.59 Å². The SMILES string of the molecule is C.CCCOCCO[C@@H]1C[C@@H]2CC[C@@H](C)[C@@](O)(O2)C(=O)C(=O)N2CCCC[C@H]2C(=O)O[C@H]([C@H](C)C[C@@H]2CC[C@@H](O)[C@H](OC)C2)CC(=O)[C@H](C)/C=C(\C)[C@@H](O)C(OC)C(=O)[C@H](C)C[C@H](C)/C=C/C=C/C=C/1C.CCCOCCO[C@H]1C[C@@H]2CC[C@@H](C)[C@@](O)(O2)C(=O)C(=O)N2CCCC[C@H]2C(=O)O[C@H]([C@H](C)C[C@@H]2CC[C@@H](O)[C@H](OC)C2)CC(=O)[C@H](C)/C=C(\C)[C@@H](O)C(OC)C(=O)[C@H](C)C[C@H](C)/C=C/C=C/C=C/1C. The Morgan fingerprint density at radius 2 is 0.801 bits per heavy atom. The van der Waals surface area contributed by atoms with Crippen LogP contribution < -0.4 is 0 Å². The second-order valence-corrected chi connectivity index (χ2v) is 41.7. The number of nitrogens with zero attached hydrogens (tertiary/aromatic N) is 2. The molecule has 6 fully saturated rings. The van der Waals surface area contributed by atoms with Crippen molar-refractivity contribution in [3.05, 3.63) is 95.2 Å². The Kier molecular flexibility index (Phi) is 53.2. The minimum atomic E-state index is -2.46. The number of amides is 2. The van der Waals surface area contributed by atoms with Crippen LogP contribution in [0.2, 0.25) is 0 Å². The fourth-order valence-corrected chi connectivity index (χ4v) is 21.1. The molecule has 0 spiro atoms. The fourth-order valence-electron chi connectivity index (χ4n) is 21.1. The molecular weight excluding hydrogens is 1810 g/mol. The lowest BCUT2D eigenvalue weighted by atomic mass is 9.78. The van der Waals surface area contributed by atoms with Gasteiger partial charge in [-0.15, -0.1) is 0 Å². The van der Waals surface area contributed by atoms with Gasteiger partial charge in [-0.2, -0.15) is 0 Å². The number of allylic oxidation sites excluding steroid dienone is 12. The van der Waals surface area contributed by atoms with Gasteiger partial charge in [0.15, 0.2) is 11.6 Å². The molecule has 0 aromatic rings. The average Bonchev–Trinajstić information content (AvgIpc) is 0.773. The van der Waals surface area contributed by atoms with Gasteiger partial charge in [0.25, 0.3) is 23.4 Å². The largest absolute Gasteiger partial charge is 0.460 e. The van der Waals surface area contributed by atoms with Gasteiger partial charge in [-0.3, -0.25) is 38.4 Å². The van der Waals surface area contributed by atoms with E-state index in [0.717, 1.165) is 36.8 Å². The summed E-state index contributed by atoms with van der Waals surface area (Å²) in [6.45, 7) is 32.1. The molecule has 2 amide bonds. The van der Waals surface area contributed by atoms with Crippen LogP contribution in [0.4, 0.5) is 0 Å². The summed E-state index contributed by atoms with van der Waals surface area (Å²) in [6, 6.07) is -2.31. The van der Waals surface area contributed by atoms with Crippen molar-refractivity contribution in [2.45, 2.75) is 394 Å². The number of Topliss-reactive ketones (excluding diaryl/α,β-unsaturated/α-hetero) is 6. The van der Waals surface area contributed by atoms with Gasteiger partial charge in [0, 0.05) is 116 Å². The zero-order valence-electron chi connectivity index (χ0n) is 87.7. The van der Waals surface area contributed by atoms with Crippen molar-refractivity contribution >= 4 is 58.5 Å². The van der Waals surface area contributed by atoms with E-state index >= 15 is 0 Å². The van der Waals surface area contributed by atoms with Crippen molar-refractivity contribution in [1.29, 1.82) is 0 Å². The summed E-state index contributed by atoms with van der Waals surface area (Å²) in [6.07, 6.45) is 23.7. The zero-order valence-corrected chi connectivity index (χ0v) is 87.7. The number of esters is 2. The van der Waals surface area contributed by atoms with Crippen LogP contribution >= 0.6 is 0 Å². The Balaban J connectivity index is 0.000000429. The highest BCUT2D eigenvalue weighted by atomic mass is 16.6. The van der Waals surface area contributed by atoms with E-state index in [1.807, 2.05) is 130 Å². The van der Waals surface area contributed by atoms with E-state index in [4.69, 9.17) is 56.8 Å². The number of cyclic esters (lactones) is 2. The third-order valence-corrected chi connectivity index (χ3v) is 30.2. The smallest absolute Gasteiger partial charge is 0.329 e. The third-order valence-electron chi connectivity index (χ3n) is 30.2. The second kappa shape index (κ2) is 61.1. The maximum Gasteiger partial charge on any atom is 0.329 e. The quantitative estimate of drug-likeness (QED) is 0.0254. The van der Waals surface area contributed by atoms with E-state index in [1.54, 1.807) is 67.9 Å². The van der Waals surface area contributed by atoms with Crippen molar-refractivity contribution in [2.75, 3.05) is 81.2 Å².